The van der Waals surface area contributed by atoms with Gasteiger partial charge >= 0.3 is 6.18 Å². The summed E-state index contributed by atoms with van der Waals surface area (Å²) in [4.78, 5) is 0. The summed E-state index contributed by atoms with van der Waals surface area (Å²) in [5, 5.41) is 0.146. The average molecular weight is 300 g/mol. The van der Waals surface area contributed by atoms with Gasteiger partial charge in [0.15, 0.2) is 0 Å². The van der Waals surface area contributed by atoms with Crippen LogP contribution in [-0.4, -0.2) is 4.37 Å². The average Bonchev–Trinajstić information content (AvgIpc) is 2.45. The number of hydrogen-bond acceptors (Lipinski definition) is 2. The van der Waals surface area contributed by atoms with Crippen molar-refractivity contribution in [3.63, 3.8) is 0 Å². The Kier molecular flexibility index (Phi) is 2.46. The molecular weight excluding hydrogens is 298 g/mol. The van der Waals surface area contributed by atoms with Gasteiger partial charge in [-0.05, 0) is 39.6 Å². The molecule has 0 unspecified atom stereocenters. The van der Waals surface area contributed by atoms with Gasteiger partial charge in [0.05, 0.1) is 10.3 Å². The van der Waals surface area contributed by atoms with Crippen LogP contribution >= 0.6 is 27.5 Å². The molecule has 1 nitrogen and oxygen atoms in total. The third-order valence-electron chi connectivity index (χ3n) is 1.80. The van der Waals surface area contributed by atoms with Crippen LogP contribution in [-0.2, 0) is 6.18 Å². The van der Waals surface area contributed by atoms with Gasteiger partial charge in [-0.2, -0.15) is 17.5 Å². The van der Waals surface area contributed by atoms with Gasteiger partial charge in [0.2, 0.25) is 0 Å². The van der Waals surface area contributed by atoms with Crippen molar-refractivity contribution in [2.75, 3.05) is 0 Å². The summed E-state index contributed by atoms with van der Waals surface area (Å²) >= 11 is 3.66. The molecule has 7 heteroatoms. The summed E-state index contributed by atoms with van der Waals surface area (Å²) in [7, 11) is 0. The number of hydrogen-bond donors (Lipinski definition) is 0. The van der Waals surface area contributed by atoms with E-state index in [1.807, 2.05) is 0 Å². The summed E-state index contributed by atoms with van der Waals surface area (Å²) in [6.45, 7) is 0. The maximum atomic E-state index is 12.9. The standard InChI is InChI=1S/C8H2BrF4NS/c9-7-4-1-3(10)2-5(8(11,12)13)6(4)15-14-7/h1-2H. The van der Waals surface area contributed by atoms with Crippen molar-refractivity contribution in [1.29, 1.82) is 0 Å². The van der Waals surface area contributed by atoms with Gasteiger partial charge in [-0.3, -0.25) is 0 Å². The highest BCUT2D eigenvalue weighted by Crippen LogP contribution is 2.39. The maximum Gasteiger partial charge on any atom is 0.417 e. The molecule has 2 aromatic rings. The van der Waals surface area contributed by atoms with Crippen LogP contribution in [0.4, 0.5) is 17.6 Å². The first-order valence-electron chi connectivity index (χ1n) is 3.71. The predicted octanol–water partition coefficient (Wildman–Crippen LogP) is 4.22. The van der Waals surface area contributed by atoms with Gasteiger partial charge in [-0.1, -0.05) is 0 Å². The van der Waals surface area contributed by atoms with Gasteiger partial charge in [0, 0.05) is 5.39 Å². The van der Waals surface area contributed by atoms with Gasteiger partial charge in [0.1, 0.15) is 10.4 Å². The number of nitrogens with zero attached hydrogens (tertiary/aromatic N) is 1. The molecule has 0 N–H and O–H groups in total. The molecule has 0 saturated heterocycles. The Balaban J connectivity index is 2.84. The number of aromatic nitrogens is 1. The molecular formula is C8H2BrF4NS. The molecule has 0 bridgehead atoms. The largest absolute Gasteiger partial charge is 0.417 e. The van der Waals surface area contributed by atoms with Crippen LogP contribution in [0.2, 0.25) is 0 Å². The Morgan fingerprint density at radius 1 is 1.27 bits per heavy atom. The Morgan fingerprint density at radius 2 is 1.93 bits per heavy atom. The molecule has 0 atom stereocenters. The normalized spacial score (nSPS) is 12.3. The van der Waals surface area contributed by atoms with E-state index in [2.05, 4.69) is 20.3 Å². The summed E-state index contributed by atoms with van der Waals surface area (Å²) in [6.07, 6.45) is -4.56. The van der Waals surface area contributed by atoms with Crippen LogP contribution in [0.5, 0.6) is 0 Å². The molecule has 0 aliphatic rings. The van der Waals surface area contributed by atoms with E-state index in [1.165, 1.54) is 0 Å². The molecule has 0 aliphatic carbocycles. The minimum absolute atomic E-state index is 0.0595. The number of fused-ring (bicyclic) bond motifs is 1. The lowest BCUT2D eigenvalue weighted by molar-refractivity contribution is -0.136. The van der Waals surface area contributed by atoms with E-state index in [-0.39, 0.29) is 14.7 Å². The van der Waals surface area contributed by atoms with E-state index < -0.39 is 17.6 Å². The Hall–Kier alpha value is -0.690. The van der Waals surface area contributed by atoms with Gasteiger partial charge in [-0.15, -0.1) is 0 Å². The van der Waals surface area contributed by atoms with E-state index in [0.717, 1.165) is 6.07 Å². The predicted molar refractivity (Wildman–Crippen MR) is 52.3 cm³/mol. The highest BCUT2D eigenvalue weighted by Gasteiger charge is 2.34. The van der Waals surface area contributed by atoms with E-state index >= 15 is 0 Å². The smallest absolute Gasteiger partial charge is 0.207 e. The minimum Gasteiger partial charge on any atom is -0.207 e. The lowest BCUT2D eigenvalue weighted by Gasteiger charge is -2.07. The topological polar surface area (TPSA) is 12.9 Å². The monoisotopic (exact) mass is 299 g/mol. The lowest BCUT2D eigenvalue weighted by Crippen LogP contribution is -2.05. The zero-order valence-corrected chi connectivity index (χ0v) is 9.30. The van der Waals surface area contributed by atoms with Crippen LogP contribution in [0, 0.1) is 5.82 Å². The van der Waals surface area contributed by atoms with Crippen LogP contribution in [0.1, 0.15) is 5.56 Å². The van der Waals surface area contributed by atoms with Gasteiger partial charge < -0.3 is 0 Å². The number of benzene rings is 1. The van der Waals surface area contributed by atoms with Crippen LogP contribution in [0.3, 0.4) is 0 Å². The molecule has 1 heterocycles. The molecule has 0 saturated carbocycles. The Labute approximate surface area is 94.0 Å². The zero-order valence-electron chi connectivity index (χ0n) is 6.90. The molecule has 0 aliphatic heterocycles. The number of halogens is 5. The van der Waals surface area contributed by atoms with E-state index in [9.17, 15) is 17.6 Å². The second kappa shape index (κ2) is 3.41. The molecule has 0 amide bonds. The quantitative estimate of drug-likeness (QED) is 0.664. The Morgan fingerprint density at radius 3 is 2.53 bits per heavy atom. The number of alkyl halides is 3. The second-order valence-electron chi connectivity index (χ2n) is 2.80. The minimum atomic E-state index is -4.56. The van der Waals surface area contributed by atoms with Gasteiger partial charge in [0.25, 0.3) is 0 Å². The number of rotatable bonds is 0. The summed E-state index contributed by atoms with van der Waals surface area (Å²) in [5.74, 6) is -0.921. The third-order valence-corrected chi connectivity index (χ3v) is 3.53. The second-order valence-corrected chi connectivity index (χ2v) is 4.33. The van der Waals surface area contributed by atoms with Crippen molar-refractivity contribution in [3.05, 3.63) is 28.1 Å². The molecule has 0 fully saturated rings. The van der Waals surface area contributed by atoms with Crippen LogP contribution in [0.25, 0.3) is 10.1 Å². The molecule has 0 radical (unpaired) electrons. The highest BCUT2D eigenvalue weighted by atomic mass is 79.9. The van der Waals surface area contributed by atoms with E-state index in [4.69, 9.17) is 0 Å². The third kappa shape index (κ3) is 1.85. The molecule has 0 spiro atoms. The molecule has 15 heavy (non-hydrogen) atoms. The van der Waals surface area contributed by atoms with Gasteiger partial charge in [-0.25, -0.2) is 4.39 Å². The first-order chi connectivity index (χ1) is 6.89. The molecule has 1 aromatic heterocycles. The van der Waals surface area contributed by atoms with Crippen LogP contribution in [0.15, 0.2) is 16.7 Å². The van der Waals surface area contributed by atoms with Crippen molar-refractivity contribution in [1.82, 2.24) is 4.37 Å². The van der Waals surface area contributed by atoms with Crippen molar-refractivity contribution >= 4 is 37.5 Å². The molecule has 2 rings (SSSR count). The fourth-order valence-corrected chi connectivity index (χ4v) is 2.65. The highest BCUT2D eigenvalue weighted by molar-refractivity contribution is 9.10. The van der Waals surface area contributed by atoms with Crippen molar-refractivity contribution in [2.45, 2.75) is 6.18 Å². The summed E-state index contributed by atoms with van der Waals surface area (Å²) in [6, 6.07) is 1.51. The first-order valence-corrected chi connectivity index (χ1v) is 5.28. The maximum absolute atomic E-state index is 12.9. The SMILES string of the molecule is Fc1cc(C(F)(F)F)c2snc(Br)c2c1. The molecule has 80 valence electrons. The van der Waals surface area contributed by atoms with E-state index in [1.54, 1.807) is 0 Å². The van der Waals surface area contributed by atoms with Crippen LogP contribution < -0.4 is 0 Å². The van der Waals surface area contributed by atoms with Crippen molar-refractivity contribution in [3.8, 4) is 0 Å². The lowest BCUT2D eigenvalue weighted by atomic mass is 10.1. The van der Waals surface area contributed by atoms with Crippen molar-refractivity contribution in [2.24, 2.45) is 0 Å². The van der Waals surface area contributed by atoms with Crippen molar-refractivity contribution < 1.29 is 17.6 Å². The Bertz CT molecular complexity index is 519. The fourth-order valence-electron chi connectivity index (χ4n) is 1.19. The summed E-state index contributed by atoms with van der Waals surface area (Å²) < 4.78 is 54.3. The van der Waals surface area contributed by atoms with E-state index in [0.29, 0.717) is 17.6 Å². The molecule has 1 aromatic carbocycles. The summed E-state index contributed by atoms with van der Waals surface area (Å²) in [5.41, 5.74) is -0.985. The zero-order chi connectivity index (χ0) is 11.2. The first kappa shape index (κ1) is 10.8. The fraction of sp³-hybridized carbons (Fsp3) is 0.125.